The third-order valence-electron chi connectivity index (χ3n) is 3.84. The van der Waals surface area contributed by atoms with Crippen molar-refractivity contribution in [3.05, 3.63) is 59.1 Å². The Kier molecular flexibility index (Phi) is 4.76. The highest BCUT2D eigenvalue weighted by Gasteiger charge is 2.25. The summed E-state index contributed by atoms with van der Waals surface area (Å²) in [6.45, 7) is 1.17. The zero-order valence-corrected chi connectivity index (χ0v) is 13.2. The normalized spacial score (nSPS) is 15.5. The van der Waals surface area contributed by atoms with E-state index in [2.05, 4.69) is 4.98 Å². The highest BCUT2D eigenvalue weighted by molar-refractivity contribution is 6.33. The van der Waals surface area contributed by atoms with Crippen LogP contribution in [0.3, 0.4) is 0 Å². The first-order valence-corrected chi connectivity index (χ1v) is 7.82. The molecule has 3 rings (SSSR count). The monoisotopic (exact) mass is 334 g/mol. The molecule has 4 nitrogen and oxygen atoms in total. The summed E-state index contributed by atoms with van der Waals surface area (Å²) in [5.74, 6) is 0.166. The molecule has 0 unspecified atom stereocenters. The number of nitrogens with zero attached hydrogens (tertiary/aromatic N) is 2. The summed E-state index contributed by atoms with van der Waals surface area (Å²) in [4.78, 5) is 18.1. The highest BCUT2D eigenvalue weighted by Crippen LogP contribution is 2.23. The maximum absolute atomic E-state index is 13.1. The smallest absolute Gasteiger partial charge is 0.255 e. The molecule has 1 aliphatic heterocycles. The van der Waals surface area contributed by atoms with Crippen molar-refractivity contribution in [2.45, 2.75) is 18.9 Å². The second-order valence-electron chi connectivity index (χ2n) is 5.42. The number of carbonyl (C=O) groups is 1. The molecule has 0 N–H and O–H groups in total. The lowest BCUT2D eigenvalue weighted by Crippen LogP contribution is -2.41. The molecule has 0 radical (unpaired) electrons. The van der Waals surface area contributed by atoms with Crippen LogP contribution in [0.4, 0.5) is 4.39 Å². The van der Waals surface area contributed by atoms with Crippen molar-refractivity contribution in [3.63, 3.8) is 0 Å². The van der Waals surface area contributed by atoms with Gasteiger partial charge in [-0.1, -0.05) is 11.6 Å². The first-order valence-electron chi connectivity index (χ1n) is 7.44. The van der Waals surface area contributed by atoms with Gasteiger partial charge in [-0.15, -0.1) is 0 Å². The Morgan fingerprint density at radius 3 is 2.57 bits per heavy atom. The van der Waals surface area contributed by atoms with Crippen LogP contribution < -0.4 is 4.74 Å². The number of carbonyl (C=O) groups excluding carboxylic acids is 1. The van der Waals surface area contributed by atoms with Gasteiger partial charge in [0, 0.05) is 38.3 Å². The molecule has 0 bridgehead atoms. The van der Waals surface area contributed by atoms with Gasteiger partial charge in [0.25, 0.3) is 5.91 Å². The Morgan fingerprint density at radius 1 is 1.22 bits per heavy atom. The number of pyridine rings is 1. The zero-order valence-electron chi connectivity index (χ0n) is 12.4. The standard InChI is InChI=1S/C17H16ClFN2O2/c18-16-11-12(19)1-2-15(16)17(22)21-9-5-14(6-10-21)23-13-3-7-20-8-4-13/h1-4,7-8,11,14H,5-6,9-10H2. The molecular weight excluding hydrogens is 319 g/mol. The summed E-state index contributed by atoms with van der Waals surface area (Å²) in [6.07, 6.45) is 4.93. The Hall–Kier alpha value is -2.14. The van der Waals surface area contributed by atoms with Crippen molar-refractivity contribution in [3.8, 4) is 5.75 Å². The van der Waals surface area contributed by atoms with Gasteiger partial charge in [0.15, 0.2) is 0 Å². The fraction of sp³-hybridized carbons (Fsp3) is 0.294. The molecule has 2 aromatic rings. The maximum Gasteiger partial charge on any atom is 0.255 e. The number of halogens is 2. The largest absolute Gasteiger partial charge is 0.490 e. The van der Waals surface area contributed by atoms with Crippen LogP contribution >= 0.6 is 11.6 Å². The molecule has 0 saturated carbocycles. The van der Waals surface area contributed by atoms with E-state index in [0.29, 0.717) is 18.7 Å². The number of ether oxygens (including phenoxy) is 1. The molecule has 0 atom stereocenters. The molecule has 1 saturated heterocycles. The minimum absolute atomic E-state index is 0.0742. The van der Waals surface area contributed by atoms with Crippen LogP contribution in [0.5, 0.6) is 5.75 Å². The van der Waals surface area contributed by atoms with Crippen molar-refractivity contribution in [1.29, 1.82) is 0 Å². The third-order valence-corrected chi connectivity index (χ3v) is 4.16. The second kappa shape index (κ2) is 6.96. The number of rotatable bonds is 3. The number of hydrogen-bond donors (Lipinski definition) is 0. The average Bonchev–Trinajstić information content (AvgIpc) is 2.56. The first kappa shape index (κ1) is 15.7. The number of amides is 1. The lowest BCUT2D eigenvalue weighted by Gasteiger charge is -2.32. The number of benzene rings is 1. The van der Waals surface area contributed by atoms with Crippen LogP contribution in [-0.2, 0) is 0 Å². The van der Waals surface area contributed by atoms with Crippen LogP contribution in [0.15, 0.2) is 42.7 Å². The van der Waals surface area contributed by atoms with Crippen molar-refractivity contribution in [1.82, 2.24) is 9.88 Å². The Morgan fingerprint density at radius 2 is 1.91 bits per heavy atom. The van der Waals surface area contributed by atoms with Crippen molar-refractivity contribution in [2.24, 2.45) is 0 Å². The van der Waals surface area contributed by atoms with Crippen LogP contribution in [-0.4, -0.2) is 35.0 Å². The molecule has 1 aromatic carbocycles. The summed E-state index contributed by atoms with van der Waals surface area (Å²) >= 11 is 5.96. The molecule has 6 heteroatoms. The van der Waals surface area contributed by atoms with Gasteiger partial charge in [-0.2, -0.15) is 0 Å². The van der Waals surface area contributed by atoms with E-state index in [1.54, 1.807) is 17.3 Å². The van der Waals surface area contributed by atoms with E-state index in [-0.39, 0.29) is 17.0 Å². The Bertz CT molecular complexity index is 688. The molecule has 120 valence electrons. The molecule has 0 spiro atoms. The SMILES string of the molecule is O=C(c1ccc(F)cc1Cl)N1CCC(Oc2ccncc2)CC1. The summed E-state index contributed by atoms with van der Waals surface area (Å²) in [5, 5.41) is 0.144. The van der Waals surface area contributed by atoms with Gasteiger partial charge in [0.1, 0.15) is 17.7 Å². The lowest BCUT2D eigenvalue weighted by atomic mass is 10.1. The molecule has 1 amide bonds. The predicted octanol–water partition coefficient (Wildman–Crippen LogP) is 3.56. The maximum atomic E-state index is 13.1. The van der Waals surface area contributed by atoms with E-state index >= 15 is 0 Å². The number of aromatic nitrogens is 1. The number of likely N-dealkylation sites (tertiary alicyclic amines) is 1. The Balaban J connectivity index is 1.59. The van der Waals surface area contributed by atoms with Gasteiger partial charge in [-0.25, -0.2) is 4.39 Å². The summed E-state index contributed by atoms with van der Waals surface area (Å²) < 4.78 is 19.0. The topological polar surface area (TPSA) is 42.4 Å². The predicted molar refractivity (Wildman–Crippen MR) is 85.2 cm³/mol. The van der Waals surface area contributed by atoms with Crippen LogP contribution in [0.2, 0.25) is 5.02 Å². The van der Waals surface area contributed by atoms with E-state index in [0.717, 1.165) is 24.7 Å². The second-order valence-corrected chi connectivity index (χ2v) is 5.82. The first-order chi connectivity index (χ1) is 11.1. The molecule has 1 aromatic heterocycles. The number of hydrogen-bond acceptors (Lipinski definition) is 3. The van der Waals surface area contributed by atoms with Gasteiger partial charge in [0.05, 0.1) is 10.6 Å². The van der Waals surface area contributed by atoms with Gasteiger partial charge in [-0.05, 0) is 30.3 Å². The zero-order chi connectivity index (χ0) is 16.2. The molecule has 0 aliphatic carbocycles. The quantitative estimate of drug-likeness (QED) is 0.862. The van der Waals surface area contributed by atoms with Gasteiger partial charge < -0.3 is 9.64 Å². The summed E-state index contributed by atoms with van der Waals surface area (Å²) in [7, 11) is 0. The average molecular weight is 335 g/mol. The molecular formula is C17H16ClFN2O2. The molecule has 1 fully saturated rings. The molecule has 23 heavy (non-hydrogen) atoms. The summed E-state index contributed by atoms with van der Waals surface area (Å²) in [6, 6.07) is 7.47. The van der Waals surface area contributed by atoms with Gasteiger partial charge in [0.2, 0.25) is 0 Å². The fourth-order valence-electron chi connectivity index (χ4n) is 2.62. The van der Waals surface area contributed by atoms with Crippen LogP contribution in [0.1, 0.15) is 23.2 Å². The van der Waals surface area contributed by atoms with E-state index in [9.17, 15) is 9.18 Å². The van der Waals surface area contributed by atoms with Crippen LogP contribution in [0.25, 0.3) is 0 Å². The Labute approximate surface area is 138 Å². The third kappa shape index (κ3) is 3.79. The summed E-state index contributed by atoms with van der Waals surface area (Å²) in [5.41, 5.74) is 0.335. The van der Waals surface area contributed by atoms with E-state index in [1.807, 2.05) is 12.1 Å². The highest BCUT2D eigenvalue weighted by atomic mass is 35.5. The van der Waals surface area contributed by atoms with E-state index in [4.69, 9.17) is 16.3 Å². The van der Waals surface area contributed by atoms with Gasteiger partial charge >= 0.3 is 0 Å². The van der Waals surface area contributed by atoms with Crippen LogP contribution in [0, 0.1) is 5.82 Å². The fourth-order valence-corrected chi connectivity index (χ4v) is 2.87. The molecule has 2 heterocycles. The lowest BCUT2D eigenvalue weighted by molar-refractivity contribution is 0.0595. The minimum atomic E-state index is -0.448. The van der Waals surface area contributed by atoms with Gasteiger partial charge in [-0.3, -0.25) is 9.78 Å². The van der Waals surface area contributed by atoms with Crippen molar-refractivity contribution in [2.75, 3.05) is 13.1 Å². The minimum Gasteiger partial charge on any atom is -0.490 e. The van der Waals surface area contributed by atoms with E-state index < -0.39 is 5.82 Å². The van der Waals surface area contributed by atoms with E-state index in [1.165, 1.54) is 12.1 Å². The number of piperidine rings is 1. The molecule has 1 aliphatic rings. The van der Waals surface area contributed by atoms with Crippen molar-refractivity contribution >= 4 is 17.5 Å². The van der Waals surface area contributed by atoms with Crippen molar-refractivity contribution < 1.29 is 13.9 Å².